The Labute approximate surface area is 158 Å². The van der Waals surface area contributed by atoms with Crippen LogP contribution in [0.4, 0.5) is 5.69 Å². The molecule has 0 aliphatic carbocycles. The first kappa shape index (κ1) is 18.8. The van der Waals surface area contributed by atoms with Crippen molar-refractivity contribution in [1.29, 1.82) is 0 Å². The van der Waals surface area contributed by atoms with Crippen LogP contribution in [0, 0.1) is 10.1 Å². The number of nitrogens with one attached hydrogen (secondary N) is 2. The molecule has 0 saturated heterocycles. The van der Waals surface area contributed by atoms with Crippen LogP contribution >= 0.6 is 0 Å². The first-order chi connectivity index (χ1) is 13.4. The maximum Gasteiger partial charge on any atom is 0.329 e. The lowest BCUT2D eigenvalue weighted by atomic mass is 10.2. The zero-order valence-electron chi connectivity index (χ0n) is 14.9. The molecule has 3 aromatic rings. The lowest BCUT2D eigenvalue weighted by Crippen LogP contribution is -2.44. The minimum atomic E-state index is -0.708. The van der Waals surface area contributed by atoms with E-state index in [1.165, 1.54) is 22.8 Å². The molecule has 0 atom stereocenters. The van der Waals surface area contributed by atoms with E-state index in [-0.39, 0.29) is 23.5 Å². The van der Waals surface area contributed by atoms with Crippen LogP contribution < -0.4 is 16.5 Å². The molecule has 0 unspecified atom stereocenters. The number of non-ortho nitro benzene ring substituents is 1. The molecular formula is C18H17N5O5. The van der Waals surface area contributed by atoms with Gasteiger partial charge in [-0.25, -0.2) is 4.79 Å². The summed E-state index contributed by atoms with van der Waals surface area (Å²) < 4.78 is 2.86. The van der Waals surface area contributed by atoms with E-state index in [0.717, 1.165) is 6.07 Å². The average molecular weight is 383 g/mol. The topological polar surface area (TPSA) is 128 Å². The van der Waals surface area contributed by atoms with Crippen molar-refractivity contribution < 1.29 is 14.5 Å². The summed E-state index contributed by atoms with van der Waals surface area (Å²) in [4.78, 5) is 47.0. The summed E-state index contributed by atoms with van der Waals surface area (Å²) >= 11 is 0. The fourth-order valence-electron chi connectivity index (χ4n) is 2.87. The van der Waals surface area contributed by atoms with Crippen LogP contribution in [0.25, 0.3) is 11.0 Å². The van der Waals surface area contributed by atoms with Crippen molar-refractivity contribution in [3.05, 3.63) is 74.7 Å². The SMILES string of the molecule is CCn1c(=O)n(CC(=O)NNC(=O)c2cccc([N+](=O)[O-])c2)c2ccccc21. The number of nitro groups is 1. The Kier molecular flexibility index (Phi) is 5.21. The summed E-state index contributed by atoms with van der Waals surface area (Å²) in [6.45, 7) is 2.00. The molecule has 0 saturated carbocycles. The van der Waals surface area contributed by atoms with E-state index in [1.54, 1.807) is 28.8 Å². The van der Waals surface area contributed by atoms with Crippen molar-refractivity contribution in [3.63, 3.8) is 0 Å². The predicted octanol–water partition coefficient (Wildman–Crippen LogP) is 1.19. The first-order valence-corrected chi connectivity index (χ1v) is 8.44. The van der Waals surface area contributed by atoms with E-state index in [2.05, 4.69) is 10.9 Å². The Bertz CT molecular complexity index is 1130. The minimum absolute atomic E-state index is 0.0225. The summed E-state index contributed by atoms with van der Waals surface area (Å²) in [5, 5.41) is 10.8. The van der Waals surface area contributed by atoms with Crippen molar-refractivity contribution in [2.75, 3.05) is 0 Å². The van der Waals surface area contributed by atoms with Gasteiger partial charge in [0, 0.05) is 24.2 Å². The number of nitro benzene ring substituents is 1. The molecule has 0 radical (unpaired) electrons. The minimum Gasteiger partial charge on any atom is -0.292 e. The van der Waals surface area contributed by atoms with Gasteiger partial charge in [0.25, 0.3) is 17.5 Å². The summed E-state index contributed by atoms with van der Waals surface area (Å²) in [5.74, 6) is -1.32. The van der Waals surface area contributed by atoms with Gasteiger partial charge in [0.2, 0.25) is 0 Å². The quantitative estimate of drug-likeness (QED) is 0.505. The van der Waals surface area contributed by atoms with Gasteiger partial charge in [-0.15, -0.1) is 0 Å². The van der Waals surface area contributed by atoms with E-state index in [9.17, 15) is 24.5 Å². The number of fused-ring (bicyclic) bond motifs is 1. The van der Waals surface area contributed by atoms with E-state index >= 15 is 0 Å². The third-order valence-electron chi connectivity index (χ3n) is 4.18. The Balaban J connectivity index is 1.72. The van der Waals surface area contributed by atoms with Crippen LogP contribution in [0.3, 0.4) is 0 Å². The molecule has 10 nitrogen and oxygen atoms in total. The Morgan fingerprint density at radius 2 is 1.71 bits per heavy atom. The van der Waals surface area contributed by atoms with Gasteiger partial charge in [-0.3, -0.25) is 39.7 Å². The van der Waals surface area contributed by atoms with Gasteiger partial charge in [0.1, 0.15) is 6.54 Å². The fourth-order valence-corrected chi connectivity index (χ4v) is 2.87. The monoisotopic (exact) mass is 383 g/mol. The number of para-hydroxylation sites is 2. The second-order valence-corrected chi connectivity index (χ2v) is 5.91. The standard InChI is InChI=1S/C18H17N5O5/c1-2-21-14-8-3-4-9-15(14)22(18(21)26)11-16(24)19-20-17(25)12-6-5-7-13(10-12)23(27)28/h3-10H,2,11H2,1H3,(H,19,24)(H,20,25). The molecule has 144 valence electrons. The maximum atomic E-state index is 12.5. The van der Waals surface area contributed by atoms with Gasteiger partial charge in [0.05, 0.1) is 16.0 Å². The third kappa shape index (κ3) is 3.61. The number of imidazole rings is 1. The van der Waals surface area contributed by atoms with Gasteiger partial charge in [-0.1, -0.05) is 18.2 Å². The molecule has 28 heavy (non-hydrogen) atoms. The van der Waals surface area contributed by atoms with Gasteiger partial charge in [-0.05, 0) is 25.1 Å². The molecule has 0 aliphatic heterocycles. The molecule has 0 bridgehead atoms. The van der Waals surface area contributed by atoms with E-state index in [0.29, 0.717) is 17.6 Å². The summed E-state index contributed by atoms with van der Waals surface area (Å²) in [5.41, 5.74) is 5.18. The molecule has 1 heterocycles. The van der Waals surface area contributed by atoms with Crippen LogP contribution in [-0.2, 0) is 17.9 Å². The normalized spacial score (nSPS) is 10.6. The zero-order valence-corrected chi connectivity index (χ0v) is 14.9. The molecule has 3 rings (SSSR count). The second kappa shape index (κ2) is 7.74. The largest absolute Gasteiger partial charge is 0.329 e. The van der Waals surface area contributed by atoms with Crippen LogP contribution in [0.5, 0.6) is 0 Å². The van der Waals surface area contributed by atoms with Crippen molar-refractivity contribution >= 4 is 28.5 Å². The second-order valence-electron chi connectivity index (χ2n) is 5.91. The summed E-state index contributed by atoms with van der Waals surface area (Å²) in [6.07, 6.45) is 0. The smallest absolute Gasteiger partial charge is 0.292 e. The van der Waals surface area contributed by atoms with Gasteiger partial charge in [-0.2, -0.15) is 0 Å². The molecule has 0 aliphatic rings. The van der Waals surface area contributed by atoms with Gasteiger partial charge >= 0.3 is 5.69 Å². The number of hydrazine groups is 1. The molecule has 2 N–H and O–H groups in total. The van der Waals surface area contributed by atoms with E-state index in [4.69, 9.17) is 0 Å². The average Bonchev–Trinajstić information content (AvgIpc) is 2.97. The van der Waals surface area contributed by atoms with Crippen molar-refractivity contribution in [2.24, 2.45) is 0 Å². The predicted molar refractivity (Wildman–Crippen MR) is 101 cm³/mol. The van der Waals surface area contributed by atoms with Crippen LogP contribution in [0.2, 0.25) is 0 Å². The lowest BCUT2D eigenvalue weighted by molar-refractivity contribution is -0.384. The van der Waals surface area contributed by atoms with Crippen molar-refractivity contribution in [1.82, 2.24) is 20.0 Å². The number of rotatable bonds is 5. The number of hydrogen-bond donors (Lipinski definition) is 2. The molecule has 0 fully saturated rings. The highest BCUT2D eigenvalue weighted by Crippen LogP contribution is 2.13. The number of amides is 2. The highest BCUT2D eigenvalue weighted by molar-refractivity contribution is 5.96. The third-order valence-corrected chi connectivity index (χ3v) is 4.18. The molecule has 1 aromatic heterocycles. The maximum absolute atomic E-state index is 12.5. The molecule has 2 aromatic carbocycles. The number of aryl methyl sites for hydroxylation is 1. The number of carbonyl (C=O) groups excluding carboxylic acids is 2. The van der Waals surface area contributed by atoms with Gasteiger partial charge in [0.15, 0.2) is 0 Å². The zero-order chi connectivity index (χ0) is 20.3. The number of carbonyl (C=O) groups is 2. The molecular weight excluding hydrogens is 366 g/mol. The number of aromatic nitrogens is 2. The van der Waals surface area contributed by atoms with Gasteiger partial charge < -0.3 is 0 Å². The fraction of sp³-hybridized carbons (Fsp3) is 0.167. The molecule has 0 spiro atoms. The van der Waals surface area contributed by atoms with Crippen molar-refractivity contribution in [2.45, 2.75) is 20.0 Å². The summed E-state index contributed by atoms with van der Waals surface area (Å²) in [6, 6.07) is 12.2. The van der Waals surface area contributed by atoms with E-state index in [1.807, 2.05) is 6.92 Å². The van der Waals surface area contributed by atoms with Crippen LogP contribution in [0.15, 0.2) is 53.3 Å². The number of nitrogens with zero attached hydrogens (tertiary/aromatic N) is 3. The molecule has 2 amide bonds. The molecule has 10 heteroatoms. The highest BCUT2D eigenvalue weighted by Gasteiger charge is 2.16. The Morgan fingerprint density at radius 1 is 1.04 bits per heavy atom. The summed E-state index contributed by atoms with van der Waals surface area (Å²) in [7, 11) is 0. The Hall–Kier alpha value is -3.95. The van der Waals surface area contributed by atoms with Crippen LogP contribution in [-0.4, -0.2) is 25.9 Å². The van der Waals surface area contributed by atoms with E-state index < -0.39 is 16.7 Å². The lowest BCUT2D eigenvalue weighted by Gasteiger charge is -2.08. The number of hydrogen-bond acceptors (Lipinski definition) is 5. The first-order valence-electron chi connectivity index (χ1n) is 8.44. The highest BCUT2D eigenvalue weighted by atomic mass is 16.6. The number of benzene rings is 2. The van der Waals surface area contributed by atoms with Crippen LogP contribution in [0.1, 0.15) is 17.3 Å². The van der Waals surface area contributed by atoms with Crippen molar-refractivity contribution in [3.8, 4) is 0 Å². The Morgan fingerprint density at radius 3 is 2.36 bits per heavy atom.